The summed E-state index contributed by atoms with van der Waals surface area (Å²) >= 11 is 0. The molecule has 5 heterocycles. The van der Waals surface area contributed by atoms with Gasteiger partial charge in [-0.15, -0.1) is 0 Å². The molecule has 0 amide bonds. The zero-order chi connectivity index (χ0) is 27.9. The highest BCUT2D eigenvalue weighted by molar-refractivity contribution is 5.88. The Kier molecular flexibility index (Phi) is 9.24. The predicted octanol–water partition coefficient (Wildman–Crippen LogP) is 6.02. The van der Waals surface area contributed by atoms with E-state index >= 15 is 0 Å². The Labute approximate surface area is 238 Å². The highest BCUT2D eigenvalue weighted by Gasteiger charge is 2.21. The minimum absolute atomic E-state index is 0.692. The van der Waals surface area contributed by atoms with Crippen LogP contribution >= 0.6 is 0 Å². The van der Waals surface area contributed by atoms with Gasteiger partial charge in [-0.25, -0.2) is 9.97 Å². The zero-order valence-corrected chi connectivity index (χ0v) is 24.4. The number of anilines is 1. The second-order valence-electron chi connectivity index (χ2n) is 11.1. The standard InChI is InChI=1S/C17H26N2.C16H17N5/c1-4-5-15-6-9-18-17(12-15)13-16-7-10-19(11-8-16)14(2)3;1-17-15-7-13-6-11(2-3-12(13)8-19-15)14-9-20-16-10-18-4-5-21(14)16/h4-6,9,12,14,16H,7-8,10-11,13H2,1-3H3;2-3,6-9,18H,4-5,10H2,1H3,(H,17,19)/b5-4-;. The third-order valence-corrected chi connectivity index (χ3v) is 8.08. The lowest BCUT2D eigenvalue weighted by atomic mass is 9.91. The van der Waals surface area contributed by atoms with Crippen molar-refractivity contribution >= 4 is 22.7 Å². The second-order valence-corrected chi connectivity index (χ2v) is 11.1. The first-order valence-electron chi connectivity index (χ1n) is 14.7. The van der Waals surface area contributed by atoms with Crippen LogP contribution in [-0.4, -0.2) is 57.1 Å². The summed E-state index contributed by atoms with van der Waals surface area (Å²) in [5, 5.41) is 8.78. The molecule has 0 saturated carbocycles. The van der Waals surface area contributed by atoms with Crippen LogP contribution in [0.25, 0.3) is 28.1 Å². The number of nitrogens with zero attached hydrogens (tertiary/aromatic N) is 5. The molecule has 1 saturated heterocycles. The maximum absolute atomic E-state index is 4.52. The van der Waals surface area contributed by atoms with Gasteiger partial charge in [-0.3, -0.25) is 4.98 Å². The number of fused-ring (bicyclic) bond motifs is 2. The number of piperidine rings is 1. The van der Waals surface area contributed by atoms with Gasteiger partial charge in [-0.1, -0.05) is 24.3 Å². The van der Waals surface area contributed by atoms with E-state index in [1.54, 1.807) is 0 Å². The van der Waals surface area contributed by atoms with Crippen molar-refractivity contribution in [3.05, 3.63) is 78.1 Å². The SMILES string of the molecule is C/C=C\c1ccnc(CC2CCN(C(C)C)CC2)c1.CNc1cc2cc(-c3cnc4n3CCNC4)ccc2cn1. The number of rotatable bonds is 6. The van der Waals surface area contributed by atoms with Crippen molar-refractivity contribution in [2.45, 2.75) is 59.2 Å². The summed E-state index contributed by atoms with van der Waals surface area (Å²) in [6.45, 7) is 12.0. The summed E-state index contributed by atoms with van der Waals surface area (Å²) in [5.41, 5.74) is 4.92. The van der Waals surface area contributed by atoms with Crippen LogP contribution in [0, 0.1) is 5.92 Å². The molecule has 0 unspecified atom stereocenters. The van der Waals surface area contributed by atoms with Crippen molar-refractivity contribution < 1.29 is 0 Å². The molecule has 1 fully saturated rings. The Balaban J connectivity index is 0.000000162. The second kappa shape index (κ2) is 13.2. The van der Waals surface area contributed by atoms with Crippen LogP contribution in [0.15, 0.2) is 61.1 Å². The van der Waals surface area contributed by atoms with Gasteiger partial charge in [-0.2, -0.15) is 0 Å². The van der Waals surface area contributed by atoms with Crippen molar-refractivity contribution in [1.29, 1.82) is 0 Å². The van der Waals surface area contributed by atoms with Crippen molar-refractivity contribution in [2.75, 3.05) is 32.0 Å². The molecule has 2 aliphatic heterocycles. The van der Waals surface area contributed by atoms with E-state index in [0.717, 1.165) is 49.0 Å². The Hall–Kier alpha value is -3.55. The van der Waals surface area contributed by atoms with Gasteiger partial charge in [0, 0.05) is 55.2 Å². The van der Waals surface area contributed by atoms with Gasteiger partial charge in [0.2, 0.25) is 0 Å². The van der Waals surface area contributed by atoms with E-state index in [-0.39, 0.29) is 0 Å². The summed E-state index contributed by atoms with van der Waals surface area (Å²) in [7, 11) is 1.89. The molecule has 6 rings (SSSR count). The maximum Gasteiger partial charge on any atom is 0.126 e. The molecule has 210 valence electrons. The normalized spacial score (nSPS) is 16.2. The maximum atomic E-state index is 4.52. The van der Waals surface area contributed by atoms with Crippen molar-refractivity contribution in [1.82, 2.24) is 29.7 Å². The van der Waals surface area contributed by atoms with E-state index in [4.69, 9.17) is 0 Å². The number of likely N-dealkylation sites (tertiary alicyclic amines) is 1. The van der Waals surface area contributed by atoms with Gasteiger partial charge in [0.05, 0.1) is 18.4 Å². The lowest BCUT2D eigenvalue weighted by Crippen LogP contribution is -2.38. The van der Waals surface area contributed by atoms with E-state index in [1.807, 2.05) is 25.6 Å². The minimum atomic E-state index is 0.692. The summed E-state index contributed by atoms with van der Waals surface area (Å²) in [5.74, 6) is 2.81. The Morgan fingerprint density at radius 3 is 2.62 bits per heavy atom. The summed E-state index contributed by atoms with van der Waals surface area (Å²) < 4.78 is 2.30. The van der Waals surface area contributed by atoms with Crippen LogP contribution in [0.2, 0.25) is 0 Å². The topological polar surface area (TPSA) is 70.9 Å². The van der Waals surface area contributed by atoms with Crippen molar-refractivity contribution in [3.8, 4) is 11.3 Å². The van der Waals surface area contributed by atoms with Gasteiger partial charge in [-0.05, 0) is 94.3 Å². The molecular weight excluding hydrogens is 494 g/mol. The fraction of sp³-hybridized carbons (Fsp3) is 0.424. The fourth-order valence-electron chi connectivity index (χ4n) is 5.74. The van der Waals surface area contributed by atoms with Crippen molar-refractivity contribution in [3.63, 3.8) is 0 Å². The fourth-order valence-corrected chi connectivity index (χ4v) is 5.74. The molecule has 0 radical (unpaired) electrons. The van der Waals surface area contributed by atoms with Gasteiger partial charge in [0.25, 0.3) is 0 Å². The highest BCUT2D eigenvalue weighted by atomic mass is 15.2. The molecule has 2 aliphatic rings. The third kappa shape index (κ3) is 6.77. The van der Waals surface area contributed by atoms with Crippen LogP contribution in [0.5, 0.6) is 0 Å². The molecule has 1 aromatic carbocycles. The van der Waals surface area contributed by atoms with Crippen LogP contribution in [0.3, 0.4) is 0 Å². The van der Waals surface area contributed by atoms with E-state index in [0.29, 0.717) is 6.04 Å². The average molecular weight is 538 g/mol. The first kappa shape index (κ1) is 28.0. The number of aromatic nitrogens is 4. The number of imidazole rings is 1. The molecule has 0 spiro atoms. The van der Waals surface area contributed by atoms with Crippen LogP contribution in [0.1, 0.15) is 50.7 Å². The molecule has 7 heteroatoms. The van der Waals surface area contributed by atoms with E-state index in [9.17, 15) is 0 Å². The monoisotopic (exact) mass is 537 g/mol. The van der Waals surface area contributed by atoms with E-state index < -0.39 is 0 Å². The third-order valence-electron chi connectivity index (χ3n) is 8.08. The summed E-state index contributed by atoms with van der Waals surface area (Å²) in [4.78, 5) is 16.0. The molecule has 2 N–H and O–H groups in total. The molecule has 7 nitrogen and oxygen atoms in total. The van der Waals surface area contributed by atoms with Crippen LogP contribution < -0.4 is 10.6 Å². The summed E-state index contributed by atoms with van der Waals surface area (Å²) in [6, 6.07) is 13.6. The molecular formula is C33H43N7. The van der Waals surface area contributed by atoms with Crippen LogP contribution in [0.4, 0.5) is 5.82 Å². The lowest BCUT2D eigenvalue weighted by Gasteiger charge is -2.34. The predicted molar refractivity (Wildman–Crippen MR) is 166 cm³/mol. The smallest absolute Gasteiger partial charge is 0.126 e. The van der Waals surface area contributed by atoms with E-state index in [2.05, 4.69) is 104 Å². The molecule has 3 aromatic heterocycles. The van der Waals surface area contributed by atoms with Gasteiger partial charge in [0.1, 0.15) is 11.6 Å². The number of nitrogens with one attached hydrogen (secondary N) is 2. The number of pyridine rings is 2. The number of allylic oxidation sites excluding steroid dienone is 1. The Morgan fingerprint density at radius 1 is 1.00 bits per heavy atom. The molecule has 4 aromatic rings. The molecule has 0 aliphatic carbocycles. The Bertz CT molecular complexity index is 1430. The van der Waals surface area contributed by atoms with Gasteiger partial charge in [0.15, 0.2) is 0 Å². The largest absolute Gasteiger partial charge is 0.373 e. The van der Waals surface area contributed by atoms with E-state index in [1.165, 1.54) is 53.8 Å². The first-order chi connectivity index (χ1) is 19.5. The van der Waals surface area contributed by atoms with Gasteiger partial charge < -0.3 is 20.1 Å². The quantitative estimate of drug-likeness (QED) is 0.313. The molecule has 40 heavy (non-hydrogen) atoms. The number of benzene rings is 1. The molecule has 0 atom stereocenters. The average Bonchev–Trinajstić information content (AvgIpc) is 3.42. The molecule has 0 bridgehead atoms. The lowest BCUT2D eigenvalue weighted by molar-refractivity contribution is 0.149. The van der Waals surface area contributed by atoms with Gasteiger partial charge >= 0.3 is 0 Å². The van der Waals surface area contributed by atoms with Crippen molar-refractivity contribution in [2.24, 2.45) is 5.92 Å². The highest BCUT2D eigenvalue weighted by Crippen LogP contribution is 2.27. The first-order valence-corrected chi connectivity index (χ1v) is 14.7. The van der Waals surface area contributed by atoms with Crippen LogP contribution in [-0.2, 0) is 19.5 Å². The number of hydrogen-bond donors (Lipinski definition) is 2. The number of hydrogen-bond acceptors (Lipinski definition) is 6. The Morgan fingerprint density at radius 2 is 1.85 bits per heavy atom. The minimum Gasteiger partial charge on any atom is -0.373 e. The summed E-state index contributed by atoms with van der Waals surface area (Å²) in [6.07, 6.45) is 13.8. The zero-order valence-electron chi connectivity index (χ0n) is 24.4.